The van der Waals surface area contributed by atoms with Crippen LogP contribution in [0.1, 0.15) is 41.6 Å². The number of pyridine rings is 2. The molecule has 3 aromatic rings. The number of aromatic nitrogens is 2. The third kappa shape index (κ3) is 5.49. The van der Waals surface area contributed by atoms with Crippen molar-refractivity contribution >= 4 is 21.7 Å². The Kier molecular flexibility index (Phi) is 6.77. The quantitative estimate of drug-likeness (QED) is 0.541. The Morgan fingerprint density at radius 1 is 1.03 bits per heavy atom. The maximum atomic E-state index is 12.8. The van der Waals surface area contributed by atoms with Crippen LogP contribution in [0.3, 0.4) is 0 Å². The van der Waals surface area contributed by atoms with Gasteiger partial charge in [0.05, 0.1) is 4.90 Å². The zero-order valence-electron chi connectivity index (χ0n) is 17.4. The van der Waals surface area contributed by atoms with Crippen molar-refractivity contribution < 1.29 is 17.9 Å². The Bertz CT molecular complexity index is 1180. The van der Waals surface area contributed by atoms with Crippen LogP contribution in [0.15, 0.2) is 72.0 Å². The maximum absolute atomic E-state index is 12.8. The molecule has 0 aliphatic heterocycles. The second-order valence-corrected chi connectivity index (χ2v) is 9.29. The lowest BCUT2D eigenvalue weighted by molar-refractivity contribution is 0.102. The molecule has 1 saturated carbocycles. The summed E-state index contributed by atoms with van der Waals surface area (Å²) >= 11 is 0. The zero-order chi connectivity index (χ0) is 22.4. The third-order valence-electron chi connectivity index (χ3n) is 5.23. The molecule has 32 heavy (non-hydrogen) atoms. The molecular formula is C23H24N4O4S. The van der Waals surface area contributed by atoms with E-state index < -0.39 is 15.9 Å². The Morgan fingerprint density at radius 2 is 1.81 bits per heavy atom. The van der Waals surface area contributed by atoms with E-state index in [1.165, 1.54) is 12.1 Å². The summed E-state index contributed by atoms with van der Waals surface area (Å²) < 4.78 is 34.0. The highest BCUT2D eigenvalue weighted by Crippen LogP contribution is 2.24. The standard InChI is InChI=1S/C23H24N4O4S/c28-23(18-5-3-8-20(15-18)32(29,30)27-19-6-1-2-7-19)26-22-21(9-4-12-25-22)31-16-17-10-13-24-14-11-17/h3-5,8-15,19,27H,1-2,6-7,16H2,(H,25,26,28). The Hall–Kier alpha value is -3.30. The number of carbonyl (C=O) groups is 1. The Balaban J connectivity index is 1.47. The first kappa shape index (κ1) is 21.9. The van der Waals surface area contributed by atoms with Crippen LogP contribution >= 0.6 is 0 Å². The van der Waals surface area contributed by atoms with Crippen molar-refractivity contribution in [2.24, 2.45) is 0 Å². The molecule has 1 aromatic carbocycles. The van der Waals surface area contributed by atoms with Gasteiger partial charge in [-0.2, -0.15) is 0 Å². The van der Waals surface area contributed by atoms with Crippen molar-refractivity contribution in [3.05, 3.63) is 78.2 Å². The average Bonchev–Trinajstić information content (AvgIpc) is 3.31. The molecule has 0 unspecified atom stereocenters. The number of rotatable bonds is 8. The predicted molar refractivity (Wildman–Crippen MR) is 120 cm³/mol. The highest BCUT2D eigenvalue weighted by molar-refractivity contribution is 7.89. The monoisotopic (exact) mass is 452 g/mol. The van der Waals surface area contributed by atoms with Gasteiger partial charge in [-0.3, -0.25) is 9.78 Å². The molecule has 2 aromatic heterocycles. The van der Waals surface area contributed by atoms with Gasteiger partial charge in [0.1, 0.15) is 6.61 Å². The highest BCUT2D eigenvalue weighted by Gasteiger charge is 2.23. The number of sulfonamides is 1. The number of hydrogen-bond acceptors (Lipinski definition) is 6. The largest absolute Gasteiger partial charge is 0.485 e. The first-order chi connectivity index (χ1) is 15.5. The minimum atomic E-state index is -3.70. The number of nitrogens with zero attached hydrogens (tertiary/aromatic N) is 2. The number of ether oxygens (including phenoxy) is 1. The molecule has 1 amide bonds. The topological polar surface area (TPSA) is 110 Å². The molecule has 1 fully saturated rings. The van der Waals surface area contributed by atoms with Crippen LogP contribution in [0.2, 0.25) is 0 Å². The van der Waals surface area contributed by atoms with E-state index in [4.69, 9.17) is 4.74 Å². The van der Waals surface area contributed by atoms with Gasteiger partial charge in [0, 0.05) is 30.2 Å². The van der Waals surface area contributed by atoms with Gasteiger partial charge in [-0.05, 0) is 60.9 Å². The number of hydrogen-bond donors (Lipinski definition) is 2. The number of benzene rings is 1. The summed E-state index contributed by atoms with van der Waals surface area (Å²) in [5, 5.41) is 2.71. The van der Waals surface area contributed by atoms with E-state index in [0.717, 1.165) is 31.2 Å². The van der Waals surface area contributed by atoms with Crippen molar-refractivity contribution in [1.29, 1.82) is 0 Å². The van der Waals surface area contributed by atoms with Gasteiger partial charge in [0.2, 0.25) is 10.0 Å². The van der Waals surface area contributed by atoms with E-state index >= 15 is 0 Å². The lowest BCUT2D eigenvalue weighted by Crippen LogP contribution is -2.32. The summed E-state index contributed by atoms with van der Waals surface area (Å²) in [5.41, 5.74) is 1.14. The van der Waals surface area contributed by atoms with Crippen LogP contribution in [-0.4, -0.2) is 30.3 Å². The van der Waals surface area contributed by atoms with Crippen molar-refractivity contribution in [2.75, 3.05) is 5.32 Å². The van der Waals surface area contributed by atoms with E-state index in [1.807, 2.05) is 12.1 Å². The van der Waals surface area contributed by atoms with E-state index in [0.29, 0.717) is 5.75 Å². The minimum absolute atomic E-state index is 0.0499. The molecular weight excluding hydrogens is 428 g/mol. The predicted octanol–water partition coefficient (Wildman–Crippen LogP) is 3.53. The van der Waals surface area contributed by atoms with Gasteiger partial charge in [-0.1, -0.05) is 18.9 Å². The fourth-order valence-electron chi connectivity index (χ4n) is 3.56. The van der Waals surface area contributed by atoms with Crippen LogP contribution in [0.5, 0.6) is 5.75 Å². The number of carbonyl (C=O) groups excluding carboxylic acids is 1. The second-order valence-electron chi connectivity index (χ2n) is 7.58. The van der Waals surface area contributed by atoms with Gasteiger partial charge >= 0.3 is 0 Å². The van der Waals surface area contributed by atoms with Crippen LogP contribution in [-0.2, 0) is 16.6 Å². The SMILES string of the molecule is O=C(Nc1ncccc1OCc1ccncc1)c1cccc(S(=O)(=O)NC2CCCC2)c1. The molecule has 0 bridgehead atoms. The molecule has 4 rings (SSSR count). The Labute approximate surface area is 187 Å². The van der Waals surface area contributed by atoms with Gasteiger partial charge in [0.25, 0.3) is 5.91 Å². The number of anilines is 1. The summed E-state index contributed by atoms with van der Waals surface area (Å²) in [5.74, 6) is 0.184. The second kappa shape index (κ2) is 9.88. The normalized spacial score (nSPS) is 14.2. The fourth-order valence-corrected chi connectivity index (χ4v) is 4.91. The van der Waals surface area contributed by atoms with Gasteiger partial charge in [-0.15, -0.1) is 0 Å². The molecule has 1 aliphatic carbocycles. The number of nitrogens with one attached hydrogen (secondary N) is 2. The van der Waals surface area contributed by atoms with Crippen molar-refractivity contribution in [3.63, 3.8) is 0 Å². The summed E-state index contributed by atoms with van der Waals surface area (Å²) in [4.78, 5) is 21.1. The molecule has 2 N–H and O–H groups in total. The van der Waals surface area contributed by atoms with E-state index in [1.54, 1.807) is 42.9 Å². The van der Waals surface area contributed by atoms with Crippen molar-refractivity contribution in [3.8, 4) is 5.75 Å². The smallest absolute Gasteiger partial charge is 0.256 e. The summed E-state index contributed by atoms with van der Waals surface area (Å²) in [6.07, 6.45) is 8.60. The van der Waals surface area contributed by atoms with Crippen LogP contribution in [0, 0.1) is 0 Å². The van der Waals surface area contributed by atoms with Crippen LogP contribution in [0.25, 0.3) is 0 Å². The molecule has 0 saturated heterocycles. The first-order valence-corrected chi connectivity index (χ1v) is 11.9. The van der Waals surface area contributed by atoms with E-state index in [9.17, 15) is 13.2 Å². The fraction of sp³-hybridized carbons (Fsp3) is 0.261. The van der Waals surface area contributed by atoms with Crippen LogP contribution in [0.4, 0.5) is 5.82 Å². The summed E-state index contributed by atoms with van der Waals surface area (Å²) in [6.45, 7) is 0.289. The van der Waals surface area contributed by atoms with Crippen LogP contribution < -0.4 is 14.8 Å². The first-order valence-electron chi connectivity index (χ1n) is 10.4. The van der Waals surface area contributed by atoms with E-state index in [-0.39, 0.29) is 28.9 Å². The molecule has 0 spiro atoms. The molecule has 1 aliphatic rings. The average molecular weight is 453 g/mol. The minimum Gasteiger partial charge on any atom is -0.485 e. The van der Waals surface area contributed by atoms with Crippen molar-refractivity contribution in [1.82, 2.24) is 14.7 Å². The van der Waals surface area contributed by atoms with Crippen molar-refractivity contribution in [2.45, 2.75) is 43.2 Å². The lowest BCUT2D eigenvalue weighted by Gasteiger charge is -2.14. The number of amides is 1. The Morgan fingerprint density at radius 3 is 2.59 bits per heavy atom. The summed E-state index contributed by atoms with van der Waals surface area (Å²) in [6, 6.07) is 13.0. The lowest BCUT2D eigenvalue weighted by atomic mass is 10.2. The zero-order valence-corrected chi connectivity index (χ0v) is 18.2. The van der Waals surface area contributed by atoms with E-state index in [2.05, 4.69) is 20.0 Å². The highest BCUT2D eigenvalue weighted by atomic mass is 32.2. The summed E-state index contributed by atoms with van der Waals surface area (Å²) in [7, 11) is -3.70. The van der Waals surface area contributed by atoms with Gasteiger partial charge in [0.15, 0.2) is 11.6 Å². The molecule has 2 heterocycles. The molecule has 9 heteroatoms. The third-order valence-corrected chi connectivity index (χ3v) is 6.75. The molecule has 166 valence electrons. The molecule has 0 radical (unpaired) electrons. The van der Waals surface area contributed by atoms with Gasteiger partial charge in [-0.25, -0.2) is 18.1 Å². The molecule has 0 atom stereocenters. The molecule has 8 nitrogen and oxygen atoms in total. The maximum Gasteiger partial charge on any atom is 0.256 e. The van der Waals surface area contributed by atoms with Gasteiger partial charge < -0.3 is 10.1 Å².